The van der Waals surface area contributed by atoms with Crippen molar-refractivity contribution in [2.24, 2.45) is 7.05 Å². The van der Waals surface area contributed by atoms with E-state index in [1.165, 1.54) is 5.56 Å². The molecule has 1 aromatic heterocycles. The van der Waals surface area contributed by atoms with Gasteiger partial charge in [-0.15, -0.1) is 0 Å². The van der Waals surface area contributed by atoms with Crippen LogP contribution in [-0.2, 0) is 19.0 Å². The Balaban J connectivity index is 1.83. The lowest BCUT2D eigenvalue weighted by atomic mass is 9.77. The second-order valence-corrected chi connectivity index (χ2v) is 7.09. The number of rotatable bonds is 4. The number of aliphatic hydroxyl groups is 1. The van der Waals surface area contributed by atoms with Crippen molar-refractivity contribution >= 4 is 11.7 Å². The Hall–Kier alpha value is -2.34. The third-order valence-corrected chi connectivity index (χ3v) is 4.86. The summed E-state index contributed by atoms with van der Waals surface area (Å²) in [5.41, 5.74) is 3.01. The summed E-state index contributed by atoms with van der Waals surface area (Å²) in [4.78, 5) is 12.7. The average molecular weight is 342 g/mol. The highest BCUT2D eigenvalue weighted by molar-refractivity contribution is 5.90. The number of hydrogen-bond acceptors (Lipinski definition) is 3. The highest BCUT2D eigenvalue weighted by atomic mass is 16.3. The Morgan fingerprint density at radius 1 is 1.40 bits per heavy atom. The summed E-state index contributed by atoms with van der Waals surface area (Å²) in [5.74, 6) is 0.207. The van der Waals surface area contributed by atoms with Gasteiger partial charge in [0.15, 0.2) is 0 Å². The van der Waals surface area contributed by atoms with Gasteiger partial charge in [0, 0.05) is 13.2 Å². The molecule has 134 valence electrons. The number of nitrogens with one attached hydrogen (secondary N) is 2. The van der Waals surface area contributed by atoms with Crippen LogP contribution in [-0.4, -0.2) is 27.5 Å². The van der Waals surface area contributed by atoms with E-state index in [2.05, 4.69) is 21.8 Å². The highest BCUT2D eigenvalue weighted by Gasteiger charge is 2.37. The number of anilines is 1. The number of urea groups is 1. The zero-order valence-electron chi connectivity index (χ0n) is 15.0. The molecule has 0 radical (unpaired) electrons. The fourth-order valence-electron chi connectivity index (χ4n) is 3.65. The first kappa shape index (κ1) is 17.5. The third kappa shape index (κ3) is 3.39. The van der Waals surface area contributed by atoms with E-state index in [4.69, 9.17) is 0 Å². The number of aryl methyl sites for hydroxylation is 2. The molecule has 1 aliphatic carbocycles. The number of aromatic nitrogens is 2. The van der Waals surface area contributed by atoms with Crippen LogP contribution in [0, 0.1) is 0 Å². The molecule has 2 amide bonds. The van der Waals surface area contributed by atoms with Gasteiger partial charge in [0.25, 0.3) is 0 Å². The van der Waals surface area contributed by atoms with Crippen LogP contribution in [0.15, 0.2) is 30.5 Å². The summed E-state index contributed by atoms with van der Waals surface area (Å²) in [6.45, 7) is 3.96. The first-order chi connectivity index (χ1) is 11.9. The number of aliphatic hydroxyl groups excluding tert-OH is 1. The summed E-state index contributed by atoms with van der Waals surface area (Å²) in [5, 5.41) is 20.4. The predicted molar refractivity (Wildman–Crippen MR) is 97.6 cm³/mol. The molecule has 3 N–H and O–H groups in total. The van der Waals surface area contributed by atoms with Crippen LogP contribution in [0.1, 0.15) is 49.4 Å². The molecule has 0 saturated heterocycles. The lowest BCUT2D eigenvalue weighted by Crippen LogP contribution is -2.52. The Kier molecular flexibility index (Phi) is 4.81. The van der Waals surface area contributed by atoms with Crippen LogP contribution < -0.4 is 10.6 Å². The Labute approximate surface area is 148 Å². The van der Waals surface area contributed by atoms with Crippen LogP contribution in [0.4, 0.5) is 10.5 Å². The van der Waals surface area contributed by atoms with E-state index >= 15 is 0 Å². The Morgan fingerprint density at radius 3 is 2.88 bits per heavy atom. The van der Waals surface area contributed by atoms with Gasteiger partial charge in [-0.3, -0.25) is 4.68 Å². The predicted octanol–water partition coefficient (Wildman–Crippen LogP) is 2.89. The number of carbonyl (C=O) groups excluding carboxylic acids is 1. The molecule has 0 spiro atoms. The number of hydrogen-bond donors (Lipinski definition) is 3. The zero-order chi connectivity index (χ0) is 18.0. The summed E-state index contributed by atoms with van der Waals surface area (Å²) >= 11 is 0. The molecule has 1 aromatic carbocycles. The maximum Gasteiger partial charge on any atom is 0.320 e. The van der Waals surface area contributed by atoms with Crippen LogP contribution >= 0.6 is 0 Å². The molecule has 1 heterocycles. The minimum Gasteiger partial charge on any atom is -0.394 e. The molecule has 6 heteroatoms. The van der Waals surface area contributed by atoms with E-state index in [9.17, 15) is 9.90 Å². The molecule has 0 unspecified atom stereocenters. The first-order valence-corrected chi connectivity index (χ1v) is 8.77. The molecule has 0 aliphatic heterocycles. The normalized spacial score (nSPS) is 19.6. The number of nitrogens with zero attached hydrogens (tertiary/aromatic N) is 2. The van der Waals surface area contributed by atoms with Crippen molar-refractivity contribution in [1.82, 2.24) is 15.1 Å². The molecule has 2 aromatic rings. The van der Waals surface area contributed by atoms with Crippen molar-refractivity contribution in [3.05, 3.63) is 47.3 Å². The number of fused-ring (bicyclic) bond motifs is 1. The third-order valence-electron chi connectivity index (χ3n) is 4.86. The summed E-state index contributed by atoms with van der Waals surface area (Å²) in [6, 6.07) is 7.69. The molecule has 0 fully saturated rings. The smallest absolute Gasteiger partial charge is 0.320 e. The number of carbonyl (C=O) groups is 1. The number of amides is 2. The van der Waals surface area contributed by atoms with Gasteiger partial charge in [0.1, 0.15) is 0 Å². The fourth-order valence-corrected chi connectivity index (χ4v) is 3.65. The van der Waals surface area contributed by atoms with Crippen LogP contribution in [0.2, 0.25) is 0 Å². The van der Waals surface area contributed by atoms with E-state index in [1.807, 2.05) is 39.1 Å². The van der Waals surface area contributed by atoms with Crippen LogP contribution in [0.25, 0.3) is 0 Å². The van der Waals surface area contributed by atoms with Crippen molar-refractivity contribution in [2.45, 2.75) is 44.6 Å². The van der Waals surface area contributed by atoms with Gasteiger partial charge >= 0.3 is 6.03 Å². The Morgan fingerprint density at radius 2 is 2.16 bits per heavy atom. The van der Waals surface area contributed by atoms with Crippen molar-refractivity contribution in [3.63, 3.8) is 0 Å². The van der Waals surface area contributed by atoms with E-state index < -0.39 is 5.54 Å². The van der Waals surface area contributed by atoms with Gasteiger partial charge in [0.05, 0.1) is 23.5 Å². The maximum absolute atomic E-state index is 12.7. The van der Waals surface area contributed by atoms with Crippen molar-refractivity contribution in [1.29, 1.82) is 0 Å². The standard InChI is InChI=1S/C19H26N4O2/c1-13(2)17-16(11-23(3)22-17)20-18(25)21-19(12-24)10-6-8-14-7-4-5-9-15(14)19/h4-5,7,9,11,13,24H,6,8,10,12H2,1-3H3,(H2,20,21,25)/t19-/m0/s1. The number of benzene rings is 1. The molecule has 25 heavy (non-hydrogen) atoms. The van der Waals surface area contributed by atoms with Crippen LogP contribution in [0.5, 0.6) is 0 Å². The molecular weight excluding hydrogens is 316 g/mol. The molecule has 1 atom stereocenters. The van der Waals surface area contributed by atoms with Gasteiger partial charge in [0.2, 0.25) is 0 Å². The molecule has 0 bridgehead atoms. The maximum atomic E-state index is 12.7. The quantitative estimate of drug-likeness (QED) is 0.799. The molecule has 0 saturated carbocycles. The first-order valence-electron chi connectivity index (χ1n) is 8.77. The highest BCUT2D eigenvalue weighted by Crippen LogP contribution is 2.35. The largest absolute Gasteiger partial charge is 0.394 e. The van der Waals surface area contributed by atoms with Crippen LogP contribution in [0.3, 0.4) is 0 Å². The molecule has 3 rings (SSSR count). The van der Waals surface area contributed by atoms with Gasteiger partial charge in [-0.25, -0.2) is 4.79 Å². The summed E-state index contributed by atoms with van der Waals surface area (Å²) in [6.07, 6.45) is 4.43. The minimum absolute atomic E-state index is 0.124. The van der Waals surface area contributed by atoms with Gasteiger partial charge in [-0.2, -0.15) is 5.10 Å². The van der Waals surface area contributed by atoms with Crippen molar-refractivity contribution in [2.75, 3.05) is 11.9 Å². The molecular formula is C19H26N4O2. The van der Waals surface area contributed by atoms with Crippen molar-refractivity contribution < 1.29 is 9.90 Å². The lowest BCUT2D eigenvalue weighted by molar-refractivity contribution is 0.147. The van der Waals surface area contributed by atoms with Gasteiger partial charge in [-0.05, 0) is 36.3 Å². The van der Waals surface area contributed by atoms with Gasteiger partial charge in [-0.1, -0.05) is 38.1 Å². The second-order valence-electron chi connectivity index (χ2n) is 7.09. The van der Waals surface area contributed by atoms with Crippen molar-refractivity contribution in [3.8, 4) is 0 Å². The fraction of sp³-hybridized carbons (Fsp3) is 0.474. The monoisotopic (exact) mass is 342 g/mol. The lowest BCUT2D eigenvalue weighted by Gasteiger charge is -2.38. The SMILES string of the molecule is CC(C)c1nn(C)cc1NC(=O)N[C@]1(CO)CCCc2ccccc21. The average Bonchev–Trinajstić information content (AvgIpc) is 2.95. The topological polar surface area (TPSA) is 79.2 Å². The summed E-state index contributed by atoms with van der Waals surface area (Å²) < 4.78 is 1.70. The van der Waals surface area contributed by atoms with E-state index in [0.29, 0.717) is 5.69 Å². The Bertz CT molecular complexity index is 769. The minimum atomic E-state index is -0.737. The molecule has 1 aliphatic rings. The van der Waals surface area contributed by atoms with E-state index in [1.54, 1.807) is 10.9 Å². The molecule has 6 nitrogen and oxygen atoms in total. The van der Waals surface area contributed by atoms with Gasteiger partial charge < -0.3 is 15.7 Å². The summed E-state index contributed by atoms with van der Waals surface area (Å²) in [7, 11) is 1.83. The second kappa shape index (κ2) is 6.88. The van der Waals surface area contributed by atoms with E-state index in [0.717, 1.165) is 30.5 Å². The zero-order valence-corrected chi connectivity index (χ0v) is 15.0. The van der Waals surface area contributed by atoms with E-state index in [-0.39, 0.29) is 18.6 Å².